The summed E-state index contributed by atoms with van der Waals surface area (Å²) in [6.45, 7) is 0. The molecule has 5 rings (SSSR count). The molecule has 0 bridgehead atoms. The molecule has 4 aromatic rings. The summed E-state index contributed by atoms with van der Waals surface area (Å²) in [5, 5.41) is 19.4. The molecule has 0 fully saturated rings. The molecular weight excluding hydrogens is 589 g/mol. The number of hydrogen-bond acceptors (Lipinski definition) is 7. The fourth-order valence-electron chi connectivity index (χ4n) is 3.95. The van der Waals surface area contributed by atoms with Crippen molar-refractivity contribution in [3.8, 4) is 0 Å². The van der Waals surface area contributed by atoms with E-state index in [2.05, 4.69) is 26.1 Å². The quantitative estimate of drug-likeness (QED) is 0.133. The zero-order valence-corrected chi connectivity index (χ0v) is 22.8. The van der Waals surface area contributed by atoms with E-state index in [1.807, 2.05) is 30.3 Å². The maximum Gasteiger partial charge on any atom is 0.296 e. The topological polar surface area (TPSA) is 83.4 Å². The summed E-state index contributed by atoms with van der Waals surface area (Å²) in [4.78, 5) is 27.9. The van der Waals surface area contributed by atoms with E-state index < -0.39 is 23.5 Å². The molecule has 1 aliphatic rings. The number of amides is 1. The summed E-state index contributed by atoms with van der Waals surface area (Å²) in [5.74, 6) is -1.83. The van der Waals surface area contributed by atoms with E-state index in [1.165, 1.54) is 28.8 Å². The molecule has 0 aliphatic carbocycles. The van der Waals surface area contributed by atoms with Crippen LogP contribution in [0.3, 0.4) is 0 Å². The number of halogens is 2. The van der Waals surface area contributed by atoms with Gasteiger partial charge in [0.2, 0.25) is 5.13 Å². The van der Waals surface area contributed by atoms with Gasteiger partial charge in [0.25, 0.3) is 5.91 Å². The number of allylic oxidation sites excluding steroid dienone is 1. The Morgan fingerprint density at radius 2 is 1.76 bits per heavy atom. The number of carbonyl (C=O) groups is 2. The average Bonchev–Trinajstić information content (AvgIpc) is 3.50. The first-order valence-electron chi connectivity index (χ1n) is 11.4. The number of benzene rings is 3. The fraction of sp³-hybridized carbons (Fsp3) is 0.0714. The maximum absolute atomic E-state index is 14.0. The minimum Gasteiger partial charge on any atom is -0.503 e. The fourth-order valence-corrected chi connectivity index (χ4v) is 6.07. The third-order valence-electron chi connectivity index (χ3n) is 5.80. The van der Waals surface area contributed by atoms with Gasteiger partial charge in [-0.15, -0.1) is 10.2 Å². The van der Waals surface area contributed by atoms with Crippen molar-refractivity contribution in [3.05, 3.63) is 123 Å². The van der Waals surface area contributed by atoms with Gasteiger partial charge in [-0.25, -0.2) is 4.39 Å². The molecule has 1 atom stereocenters. The zero-order chi connectivity index (χ0) is 26.6. The monoisotopic (exact) mass is 607 g/mol. The number of aromatic nitrogens is 2. The van der Waals surface area contributed by atoms with Crippen LogP contribution in [0, 0.1) is 5.82 Å². The van der Waals surface area contributed by atoms with Crippen LogP contribution >= 0.6 is 39.0 Å². The van der Waals surface area contributed by atoms with Gasteiger partial charge in [0.05, 0.1) is 11.6 Å². The summed E-state index contributed by atoms with van der Waals surface area (Å²) < 4.78 is 15.4. The predicted octanol–water partition coefficient (Wildman–Crippen LogP) is 6.91. The minimum absolute atomic E-state index is 0.0414. The van der Waals surface area contributed by atoms with Crippen LogP contribution in [0.5, 0.6) is 0 Å². The molecule has 190 valence electrons. The van der Waals surface area contributed by atoms with Gasteiger partial charge in [-0.1, -0.05) is 106 Å². The minimum atomic E-state index is -0.902. The molecular formula is C28H19BrFN3O3S2. The van der Waals surface area contributed by atoms with Gasteiger partial charge in [0.15, 0.2) is 15.9 Å². The van der Waals surface area contributed by atoms with Gasteiger partial charge in [0, 0.05) is 10.2 Å². The molecule has 2 heterocycles. The second kappa shape index (κ2) is 11.4. The van der Waals surface area contributed by atoms with Crippen molar-refractivity contribution >= 4 is 61.9 Å². The molecule has 0 radical (unpaired) electrons. The van der Waals surface area contributed by atoms with Crippen LogP contribution in [0.25, 0.3) is 6.08 Å². The Morgan fingerprint density at radius 1 is 1.05 bits per heavy atom. The van der Waals surface area contributed by atoms with Gasteiger partial charge in [-0.3, -0.25) is 14.5 Å². The maximum atomic E-state index is 14.0. The lowest BCUT2D eigenvalue weighted by Crippen LogP contribution is -2.30. The number of thioether (sulfide) groups is 1. The molecule has 1 aliphatic heterocycles. The molecule has 10 heteroatoms. The third-order valence-corrected chi connectivity index (χ3v) is 8.43. The van der Waals surface area contributed by atoms with E-state index in [-0.39, 0.29) is 16.5 Å². The van der Waals surface area contributed by atoms with E-state index in [4.69, 9.17) is 0 Å². The van der Waals surface area contributed by atoms with E-state index in [0.29, 0.717) is 21.2 Å². The van der Waals surface area contributed by atoms with Crippen molar-refractivity contribution in [1.29, 1.82) is 0 Å². The molecule has 0 saturated carbocycles. The van der Waals surface area contributed by atoms with Crippen molar-refractivity contribution in [2.45, 2.75) is 16.1 Å². The first kappa shape index (κ1) is 26.0. The number of hydrogen-bond donors (Lipinski definition) is 1. The molecule has 0 spiro atoms. The third kappa shape index (κ3) is 5.47. The van der Waals surface area contributed by atoms with Crippen LogP contribution in [0.4, 0.5) is 9.52 Å². The highest BCUT2D eigenvalue weighted by atomic mass is 79.9. The zero-order valence-electron chi connectivity index (χ0n) is 19.6. The van der Waals surface area contributed by atoms with E-state index >= 15 is 0 Å². The van der Waals surface area contributed by atoms with Crippen molar-refractivity contribution < 1.29 is 19.1 Å². The van der Waals surface area contributed by atoms with Crippen LogP contribution < -0.4 is 4.90 Å². The molecule has 1 N–H and O–H groups in total. The van der Waals surface area contributed by atoms with E-state index in [0.717, 1.165) is 21.4 Å². The summed E-state index contributed by atoms with van der Waals surface area (Å²) in [6, 6.07) is 22.0. The number of nitrogens with zero attached hydrogens (tertiary/aromatic N) is 3. The Morgan fingerprint density at radius 3 is 2.50 bits per heavy atom. The number of anilines is 1. The second-order valence-corrected chi connectivity index (χ2v) is 11.3. The molecule has 0 saturated heterocycles. The van der Waals surface area contributed by atoms with Crippen LogP contribution in [-0.4, -0.2) is 27.0 Å². The Labute approximate surface area is 234 Å². The standard InChI is InChI=1S/C28H19BrFN3O3S2/c29-20-13-11-18(12-14-20)24-23(22(34)15-10-17-6-2-1-3-7-17)25(35)26(36)33(24)27-31-32-28(38-27)37-16-19-8-4-5-9-21(19)30/h1-15,24,35H,16H2/b15-10+. The first-order valence-corrected chi connectivity index (χ1v) is 14.0. The van der Waals surface area contributed by atoms with Gasteiger partial charge < -0.3 is 5.11 Å². The van der Waals surface area contributed by atoms with Gasteiger partial charge in [-0.05, 0) is 41.0 Å². The lowest BCUT2D eigenvalue weighted by Gasteiger charge is -2.23. The van der Waals surface area contributed by atoms with Crippen LogP contribution in [-0.2, 0) is 15.3 Å². The van der Waals surface area contributed by atoms with Crippen molar-refractivity contribution in [2.75, 3.05) is 4.90 Å². The molecule has 1 unspecified atom stereocenters. The van der Waals surface area contributed by atoms with E-state index in [9.17, 15) is 19.1 Å². The average molecular weight is 609 g/mol. The SMILES string of the molecule is O=C(/C=C/c1ccccc1)C1=C(O)C(=O)N(c2nnc(SCc3ccccc3F)s2)C1c1ccc(Br)cc1. The van der Waals surface area contributed by atoms with Gasteiger partial charge >= 0.3 is 0 Å². The lowest BCUT2D eigenvalue weighted by atomic mass is 9.96. The number of ketones is 1. The van der Waals surface area contributed by atoms with Crippen LogP contribution in [0.2, 0.25) is 0 Å². The lowest BCUT2D eigenvalue weighted by molar-refractivity contribution is -0.117. The summed E-state index contributed by atoms with van der Waals surface area (Å²) in [6.07, 6.45) is 2.98. The highest BCUT2D eigenvalue weighted by Crippen LogP contribution is 2.43. The summed E-state index contributed by atoms with van der Waals surface area (Å²) in [7, 11) is 0. The summed E-state index contributed by atoms with van der Waals surface area (Å²) >= 11 is 5.83. The molecule has 38 heavy (non-hydrogen) atoms. The highest BCUT2D eigenvalue weighted by molar-refractivity contribution is 9.10. The Bertz CT molecular complexity index is 1560. The van der Waals surface area contributed by atoms with Crippen molar-refractivity contribution in [3.63, 3.8) is 0 Å². The smallest absolute Gasteiger partial charge is 0.296 e. The van der Waals surface area contributed by atoms with Gasteiger partial charge in [-0.2, -0.15) is 0 Å². The normalized spacial score (nSPS) is 15.6. The van der Waals surface area contributed by atoms with Gasteiger partial charge in [0.1, 0.15) is 5.82 Å². The summed E-state index contributed by atoms with van der Waals surface area (Å²) in [5.41, 5.74) is 1.91. The predicted molar refractivity (Wildman–Crippen MR) is 150 cm³/mol. The highest BCUT2D eigenvalue weighted by Gasteiger charge is 2.45. The molecule has 1 aromatic heterocycles. The first-order chi connectivity index (χ1) is 18.4. The number of carbonyl (C=O) groups excluding carboxylic acids is 2. The molecule has 1 amide bonds. The number of aliphatic hydroxyl groups is 1. The molecule has 3 aromatic carbocycles. The number of aliphatic hydroxyl groups excluding tert-OH is 1. The van der Waals surface area contributed by atoms with E-state index in [1.54, 1.807) is 48.5 Å². The van der Waals surface area contributed by atoms with Crippen LogP contribution in [0.15, 0.2) is 105 Å². The van der Waals surface area contributed by atoms with Crippen LogP contribution in [0.1, 0.15) is 22.7 Å². The molecule has 6 nitrogen and oxygen atoms in total. The number of rotatable bonds is 8. The Kier molecular flexibility index (Phi) is 7.82. The van der Waals surface area contributed by atoms with Crippen molar-refractivity contribution in [2.24, 2.45) is 0 Å². The van der Waals surface area contributed by atoms with Crippen molar-refractivity contribution in [1.82, 2.24) is 10.2 Å². The second-order valence-electron chi connectivity index (χ2n) is 8.23. The largest absolute Gasteiger partial charge is 0.503 e. The Hall–Kier alpha value is -3.60. The Balaban J connectivity index is 1.46.